The van der Waals surface area contributed by atoms with Crippen molar-refractivity contribution in [2.45, 2.75) is 32.7 Å². The molecule has 0 spiro atoms. The number of rotatable bonds is 4. The first-order valence-electron chi connectivity index (χ1n) is 7.09. The highest BCUT2D eigenvalue weighted by Crippen LogP contribution is 2.30. The second-order valence-corrected chi connectivity index (χ2v) is 5.33. The largest absolute Gasteiger partial charge is 0.369 e. The first-order chi connectivity index (χ1) is 9.93. The van der Waals surface area contributed by atoms with Gasteiger partial charge in [0, 0.05) is 25.2 Å². The van der Waals surface area contributed by atoms with Gasteiger partial charge in [-0.3, -0.25) is 4.79 Å². The Morgan fingerprint density at radius 1 is 1.48 bits per heavy atom. The smallest absolute Gasteiger partial charge is 0.222 e. The summed E-state index contributed by atoms with van der Waals surface area (Å²) in [4.78, 5) is 17.1. The third-order valence-corrected chi connectivity index (χ3v) is 3.81. The second kappa shape index (κ2) is 6.24. The summed E-state index contributed by atoms with van der Waals surface area (Å²) >= 11 is 0. The van der Waals surface area contributed by atoms with Gasteiger partial charge in [0.15, 0.2) is 23.3 Å². The van der Waals surface area contributed by atoms with Crippen LogP contribution in [0.15, 0.2) is 6.07 Å². The van der Waals surface area contributed by atoms with Crippen LogP contribution in [0, 0.1) is 17.6 Å². The van der Waals surface area contributed by atoms with Gasteiger partial charge in [-0.05, 0) is 26.7 Å². The Balaban J connectivity index is 2.34. The Bertz CT molecular complexity index is 538. The summed E-state index contributed by atoms with van der Waals surface area (Å²) in [6, 6.07) is 0.837. The van der Waals surface area contributed by atoms with E-state index in [1.807, 2.05) is 6.92 Å². The van der Waals surface area contributed by atoms with Crippen LogP contribution in [0.1, 0.15) is 26.7 Å². The normalized spacial score (nSPS) is 22.2. The molecule has 1 aromatic rings. The second-order valence-electron chi connectivity index (χ2n) is 5.33. The fourth-order valence-corrected chi connectivity index (χ4v) is 2.58. The van der Waals surface area contributed by atoms with E-state index in [4.69, 9.17) is 5.73 Å². The number of hydrogen-bond acceptors (Lipinski definition) is 4. The number of anilines is 2. The Hall–Kier alpha value is -1.92. The van der Waals surface area contributed by atoms with Crippen molar-refractivity contribution in [3.05, 3.63) is 17.7 Å². The molecule has 1 aliphatic rings. The number of nitrogens with two attached hydrogens (primary N) is 1. The summed E-state index contributed by atoms with van der Waals surface area (Å²) in [7, 11) is 0. The predicted molar refractivity (Wildman–Crippen MR) is 77.0 cm³/mol. The topological polar surface area (TPSA) is 71.2 Å². The number of nitrogens with zero attached hydrogens (tertiary/aromatic N) is 2. The number of amides is 1. The SMILES string of the molecule is CCNc1nc(N2CC(C(N)=O)CCC2C)c(F)cc1F. The zero-order valence-corrected chi connectivity index (χ0v) is 12.2. The van der Waals surface area contributed by atoms with Crippen LogP contribution < -0.4 is 16.0 Å². The summed E-state index contributed by atoms with van der Waals surface area (Å²) in [6.45, 7) is 4.51. The van der Waals surface area contributed by atoms with Crippen molar-refractivity contribution in [2.24, 2.45) is 11.7 Å². The molecule has 116 valence electrons. The van der Waals surface area contributed by atoms with Crippen molar-refractivity contribution in [1.82, 2.24) is 4.98 Å². The third kappa shape index (κ3) is 3.22. The highest BCUT2D eigenvalue weighted by molar-refractivity contribution is 5.77. The van der Waals surface area contributed by atoms with E-state index in [2.05, 4.69) is 10.3 Å². The van der Waals surface area contributed by atoms with Crippen LogP contribution in [-0.4, -0.2) is 30.0 Å². The number of primary amides is 1. The van der Waals surface area contributed by atoms with Crippen molar-refractivity contribution in [2.75, 3.05) is 23.3 Å². The minimum Gasteiger partial charge on any atom is -0.369 e. The van der Waals surface area contributed by atoms with Crippen LogP contribution in [0.2, 0.25) is 0 Å². The molecule has 1 amide bonds. The molecule has 1 aliphatic heterocycles. The van der Waals surface area contributed by atoms with Gasteiger partial charge >= 0.3 is 0 Å². The fourth-order valence-electron chi connectivity index (χ4n) is 2.58. The van der Waals surface area contributed by atoms with Crippen LogP contribution in [0.5, 0.6) is 0 Å². The quantitative estimate of drug-likeness (QED) is 0.890. The Kier molecular flexibility index (Phi) is 4.59. The van der Waals surface area contributed by atoms with Crippen LogP contribution in [0.4, 0.5) is 20.4 Å². The average Bonchev–Trinajstić information content (AvgIpc) is 2.42. The molecule has 5 nitrogen and oxygen atoms in total. The van der Waals surface area contributed by atoms with Crippen molar-refractivity contribution in [3.8, 4) is 0 Å². The maximum Gasteiger partial charge on any atom is 0.222 e. The highest BCUT2D eigenvalue weighted by atomic mass is 19.1. The molecule has 2 heterocycles. The summed E-state index contributed by atoms with van der Waals surface area (Å²) in [5.41, 5.74) is 5.34. The molecule has 0 saturated carbocycles. The number of aromatic nitrogens is 1. The molecule has 1 saturated heterocycles. The molecule has 1 aromatic heterocycles. The number of piperidine rings is 1. The molecule has 0 aromatic carbocycles. The van der Waals surface area contributed by atoms with Crippen LogP contribution in [0.25, 0.3) is 0 Å². The molecule has 2 atom stereocenters. The van der Waals surface area contributed by atoms with Gasteiger partial charge in [-0.15, -0.1) is 0 Å². The van der Waals surface area contributed by atoms with E-state index in [0.29, 0.717) is 25.9 Å². The van der Waals surface area contributed by atoms with Gasteiger partial charge in [0.05, 0.1) is 5.92 Å². The standard InChI is InChI=1S/C14H20F2N4O/c1-3-18-13-10(15)6-11(16)14(19-13)20-7-9(12(17)21)5-4-8(20)2/h6,8-9H,3-5,7H2,1-2H3,(H2,17,21)(H,18,19). The van der Waals surface area contributed by atoms with Gasteiger partial charge in [-0.25, -0.2) is 13.8 Å². The first-order valence-corrected chi connectivity index (χ1v) is 7.09. The molecular formula is C14H20F2N4O. The van der Waals surface area contributed by atoms with Gasteiger partial charge < -0.3 is 16.0 Å². The first kappa shape index (κ1) is 15.5. The maximum absolute atomic E-state index is 14.1. The summed E-state index contributed by atoms with van der Waals surface area (Å²) in [6.07, 6.45) is 1.39. The predicted octanol–water partition coefficient (Wildman–Crippen LogP) is 1.88. The van der Waals surface area contributed by atoms with Gasteiger partial charge in [0.1, 0.15) is 0 Å². The molecule has 1 fully saturated rings. The van der Waals surface area contributed by atoms with Crippen molar-refractivity contribution >= 4 is 17.5 Å². The van der Waals surface area contributed by atoms with Gasteiger partial charge in [0.2, 0.25) is 5.91 Å². The van der Waals surface area contributed by atoms with E-state index in [0.717, 1.165) is 6.07 Å². The minimum atomic E-state index is -0.730. The lowest BCUT2D eigenvalue weighted by atomic mass is 9.93. The maximum atomic E-state index is 14.1. The van der Waals surface area contributed by atoms with Gasteiger partial charge in [-0.2, -0.15) is 0 Å². The number of carbonyl (C=O) groups excluding carboxylic acids is 1. The molecule has 0 bridgehead atoms. The molecule has 21 heavy (non-hydrogen) atoms. The van der Waals surface area contributed by atoms with Crippen molar-refractivity contribution in [1.29, 1.82) is 0 Å². The minimum absolute atomic E-state index is 0.0160. The Labute approximate surface area is 122 Å². The summed E-state index contributed by atoms with van der Waals surface area (Å²) < 4.78 is 27.7. The van der Waals surface area contributed by atoms with Gasteiger partial charge in [-0.1, -0.05) is 0 Å². The monoisotopic (exact) mass is 298 g/mol. The molecular weight excluding hydrogens is 278 g/mol. The molecule has 3 N–H and O–H groups in total. The van der Waals surface area contributed by atoms with E-state index in [-0.39, 0.29) is 23.6 Å². The highest BCUT2D eigenvalue weighted by Gasteiger charge is 2.31. The number of halogens is 2. The molecule has 2 unspecified atom stereocenters. The Morgan fingerprint density at radius 2 is 2.19 bits per heavy atom. The van der Waals surface area contributed by atoms with Crippen LogP contribution >= 0.6 is 0 Å². The van der Waals surface area contributed by atoms with E-state index in [9.17, 15) is 13.6 Å². The number of nitrogens with one attached hydrogen (secondary N) is 1. The lowest BCUT2D eigenvalue weighted by molar-refractivity contribution is -0.122. The molecule has 0 radical (unpaired) electrons. The molecule has 0 aliphatic carbocycles. The zero-order chi connectivity index (χ0) is 15.6. The zero-order valence-electron chi connectivity index (χ0n) is 12.2. The lowest BCUT2D eigenvalue weighted by Crippen LogP contribution is -2.46. The van der Waals surface area contributed by atoms with Crippen LogP contribution in [0.3, 0.4) is 0 Å². The van der Waals surface area contributed by atoms with Crippen molar-refractivity contribution in [3.63, 3.8) is 0 Å². The fraction of sp³-hybridized carbons (Fsp3) is 0.571. The lowest BCUT2D eigenvalue weighted by Gasteiger charge is -2.38. The number of pyridine rings is 1. The molecule has 7 heteroatoms. The van der Waals surface area contributed by atoms with E-state index >= 15 is 0 Å². The average molecular weight is 298 g/mol. The summed E-state index contributed by atoms with van der Waals surface area (Å²) in [5.74, 6) is -2.12. The van der Waals surface area contributed by atoms with E-state index in [1.165, 1.54) is 0 Å². The van der Waals surface area contributed by atoms with Crippen LogP contribution in [-0.2, 0) is 4.79 Å². The van der Waals surface area contributed by atoms with Crippen molar-refractivity contribution < 1.29 is 13.6 Å². The summed E-state index contributed by atoms with van der Waals surface area (Å²) in [5, 5.41) is 2.76. The van der Waals surface area contributed by atoms with E-state index in [1.54, 1.807) is 11.8 Å². The molecule has 2 rings (SSSR count). The Morgan fingerprint density at radius 3 is 2.81 bits per heavy atom. The third-order valence-electron chi connectivity index (χ3n) is 3.81. The van der Waals surface area contributed by atoms with Gasteiger partial charge in [0.25, 0.3) is 0 Å². The number of hydrogen-bond donors (Lipinski definition) is 2. The van der Waals surface area contributed by atoms with E-state index < -0.39 is 17.5 Å². The number of carbonyl (C=O) groups is 1.